The molecular formula is C22H22N2O2. The summed E-state index contributed by atoms with van der Waals surface area (Å²) < 4.78 is 5.73. The number of hydrogen-bond donors (Lipinski definition) is 1. The van der Waals surface area contributed by atoms with Gasteiger partial charge < -0.3 is 10.1 Å². The summed E-state index contributed by atoms with van der Waals surface area (Å²) in [5, 5.41) is 3.03. The molecule has 1 amide bonds. The number of para-hydroxylation sites is 1. The molecule has 0 bridgehead atoms. The van der Waals surface area contributed by atoms with Crippen molar-refractivity contribution < 1.29 is 9.53 Å². The van der Waals surface area contributed by atoms with Gasteiger partial charge in [-0.15, -0.1) is 0 Å². The average Bonchev–Trinajstić information content (AvgIpc) is 2.72. The van der Waals surface area contributed by atoms with Crippen LogP contribution >= 0.6 is 0 Å². The number of nitrogens with one attached hydrogen (secondary N) is 1. The number of aromatic nitrogens is 1. The molecule has 4 heteroatoms. The van der Waals surface area contributed by atoms with Gasteiger partial charge in [-0.1, -0.05) is 61.5 Å². The molecule has 26 heavy (non-hydrogen) atoms. The highest BCUT2D eigenvalue weighted by Crippen LogP contribution is 2.21. The molecule has 0 saturated heterocycles. The van der Waals surface area contributed by atoms with Crippen molar-refractivity contribution in [3.63, 3.8) is 0 Å². The first kappa shape index (κ1) is 17.7. The first-order valence-corrected chi connectivity index (χ1v) is 8.74. The number of benzene rings is 2. The minimum absolute atomic E-state index is 0.0345. The molecule has 0 aliphatic heterocycles. The third-order valence-corrected chi connectivity index (χ3v) is 4.13. The van der Waals surface area contributed by atoms with Crippen LogP contribution in [0.15, 0.2) is 79.0 Å². The molecule has 1 heterocycles. The van der Waals surface area contributed by atoms with E-state index in [1.807, 2.05) is 72.8 Å². The Balaban J connectivity index is 1.72. The van der Waals surface area contributed by atoms with E-state index in [0.29, 0.717) is 0 Å². The molecule has 0 spiro atoms. The Kier molecular flexibility index (Phi) is 5.99. The van der Waals surface area contributed by atoms with Gasteiger partial charge >= 0.3 is 0 Å². The second kappa shape index (κ2) is 8.81. The van der Waals surface area contributed by atoms with Crippen LogP contribution in [0.3, 0.4) is 0 Å². The Morgan fingerprint density at radius 1 is 1.00 bits per heavy atom. The van der Waals surface area contributed by atoms with Crippen LogP contribution in [0.2, 0.25) is 0 Å². The maximum absolute atomic E-state index is 12.5. The van der Waals surface area contributed by atoms with Crippen molar-refractivity contribution in [1.82, 2.24) is 10.3 Å². The number of rotatable bonds is 7. The van der Waals surface area contributed by atoms with Crippen molar-refractivity contribution in [3.8, 4) is 5.75 Å². The highest BCUT2D eigenvalue weighted by Gasteiger charge is 2.18. The molecule has 0 aliphatic carbocycles. The molecule has 0 saturated carbocycles. The van der Waals surface area contributed by atoms with E-state index in [-0.39, 0.29) is 18.6 Å². The average molecular weight is 346 g/mol. The van der Waals surface area contributed by atoms with Crippen LogP contribution in [-0.4, -0.2) is 17.5 Å². The van der Waals surface area contributed by atoms with Crippen LogP contribution in [0, 0.1) is 0 Å². The van der Waals surface area contributed by atoms with E-state index in [4.69, 9.17) is 4.74 Å². The fourth-order valence-electron chi connectivity index (χ4n) is 2.80. The number of carbonyl (C=O) groups is 1. The van der Waals surface area contributed by atoms with Crippen molar-refractivity contribution in [2.24, 2.45) is 0 Å². The van der Waals surface area contributed by atoms with Gasteiger partial charge in [0.1, 0.15) is 5.75 Å². The Hall–Kier alpha value is -3.14. The van der Waals surface area contributed by atoms with Crippen LogP contribution in [0.5, 0.6) is 5.75 Å². The first-order chi connectivity index (χ1) is 12.8. The molecule has 1 aromatic heterocycles. The van der Waals surface area contributed by atoms with E-state index < -0.39 is 0 Å². The zero-order chi connectivity index (χ0) is 18.2. The van der Waals surface area contributed by atoms with Crippen LogP contribution in [0.25, 0.3) is 0 Å². The second-order valence-corrected chi connectivity index (χ2v) is 5.92. The third-order valence-electron chi connectivity index (χ3n) is 4.13. The Morgan fingerprint density at radius 2 is 1.73 bits per heavy atom. The summed E-state index contributed by atoms with van der Waals surface area (Å²) in [6.07, 6.45) is 2.59. The number of carbonyl (C=O) groups excluding carboxylic acids is 1. The lowest BCUT2D eigenvalue weighted by Gasteiger charge is -2.19. The lowest BCUT2D eigenvalue weighted by molar-refractivity contribution is -0.123. The summed E-state index contributed by atoms with van der Waals surface area (Å²) in [6.45, 7) is 2.03. The fraction of sp³-hybridized carbons (Fsp3) is 0.182. The number of hydrogen-bond acceptors (Lipinski definition) is 3. The topological polar surface area (TPSA) is 51.2 Å². The summed E-state index contributed by atoms with van der Waals surface area (Å²) in [4.78, 5) is 16.9. The minimum atomic E-state index is -0.310. The van der Waals surface area contributed by atoms with Gasteiger partial charge in [0.05, 0.1) is 11.7 Å². The number of pyridine rings is 1. The molecule has 1 N–H and O–H groups in total. The van der Waals surface area contributed by atoms with E-state index in [1.54, 1.807) is 6.20 Å². The predicted octanol–water partition coefficient (Wildman–Crippen LogP) is 3.93. The van der Waals surface area contributed by atoms with Gasteiger partial charge in [-0.25, -0.2) is 0 Å². The molecule has 3 rings (SSSR count). The maximum atomic E-state index is 12.5. The monoisotopic (exact) mass is 346 g/mol. The molecule has 0 fully saturated rings. The normalized spacial score (nSPS) is 11.6. The summed E-state index contributed by atoms with van der Waals surface area (Å²) in [5.74, 6) is 0.564. The van der Waals surface area contributed by atoms with E-state index in [9.17, 15) is 4.79 Å². The Morgan fingerprint density at radius 3 is 2.46 bits per heavy atom. The van der Waals surface area contributed by atoms with Gasteiger partial charge in [0.15, 0.2) is 6.61 Å². The van der Waals surface area contributed by atoms with Crippen molar-refractivity contribution >= 4 is 5.91 Å². The van der Waals surface area contributed by atoms with Crippen molar-refractivity contribution in [1.29, 1.82) is 0 Å². The zero-order valence-corrected chi connectivity index (χ0v) is 14.8. The quantitative estimate of drug-likeness (QED) is 0.705. The summed E-state index contributed by atoms with van der Waals surface area (Å²) >= 11 is 0. The van der Waals surface area contributed by atoms with Crippen LogP contribution < -0.4 is 10.1 Å². The van der Waals surface area contributed by atoms with E-state index >= 15 is 0 Å². The van der Waals surface area contributed by atoms with E-state index in [0.717, 1.165) is 29.0 Å². The standard InChI is InChI=1S/C22H22N2O2/c1-2-17-10-6-7-14-20(17)26-16-21(25)24-22(18-11-4-3-5-12-18)19-13-8-9-15-23-19/h3-15,22H,2,16H2,1H3,(H,24,25). The summed E-state index contributed by atoms with van der Waals surface area (Å²) in [6, 6.07) is 23.0. The minimum Gasteiger partial charge on any atom is -0.483 e. The summed E-state index contributed by atoms with van der Waals surface area (Å²) in [5.41, 5.74) is 2.86. The first-order valence-electron chi connectivity index (χ1n) is 8.74. The van der Waals surface area contributed by atoms with Gasteiger partial charge in [0.2, 0.25) is 0 Å². The van der Waals surface area contributed by atoms with Gasteiger partial charge in [-0.2, -0.15) is 0 Å². The molecule has 0 aliphatic rings. The van der Waals surface area contributed by atoms with Crippen molar-refractivity contribution in [2.45, 2.75) is 19.4 Å². The van der Waals surface area contributed by atoms with Crippen molar-refractivity contribution in [3.05, 3.63) is 95.8 Å². The smallest absolute Gasteiger partial charge is 0.258 e. The Labute approximate surface area is 153 Å². The largest absolute Gasteiger partial charge is 0.483 e. The van der Waals surface area contributed by atoms with Crippen LogP contribution in [0.4, 0.5) is 0 Å². The van der Waals surface area contributed by atoms with Gasteiger partial charge in [-0.05, 0) is 35.7 Å². The SMILES string of the molecule is CCc1ccccc1OCC(=O)NC(c1ccccc1)c1ccccn1. The van der Waals surface area contributed by atoms with Crippen LogP contribution in [-0.2, 0) is 11.2 Å². The lowest BCUT2D eigenvalue weighted by atomic mass is 10.0. The molecule has 1 atom stereocenters. The molecule has 2 aromatic carbocycles. The highest BCUT2D eigenvalue weighted by molar-refractivity contribution is 5.78. The number of nitrogens with zero attached hydrogens (tertiary/aromatic N) is 1. The number of aryl methyl sites for hydroxylation is 1. The van der Waals surface area contributed by atoms with Gasteiger partial charge in [-0.3, -0.25) is 9.78 Å². The highest BCUT2D eigenvalue weighted by atomic mass is 16.5. The fourth-order valence-corrected chi connectivity index (χ4v) is 2.80. The molecule has 3 aromatic rings. The van der Waals surface area contributed by atoms with Crippen LogP contribution in [0.1, 0.15) is 29.8 Å². The summed E-state index contributed by atoms with van der Waals surface area (Å²) in [7, 11) is 0. The van der Waals surface area contributed by atoms with E-state index in [2.05, 4.69) is 17.2 Å². The molecule has 0 radical (unpaired) electrons. The second-order valence-electron chi connectivity index (χ2n) is 5.92. The predicted molar refractivity (Wildman–Crippen MR) is 102 cm³/mol. The van der Waals surface area contributed by atoms with Crippen molar-refractivity contribution in [2.75, 3.05) is 6.61 Å². The molecule has 1 unspecified atom stereocenters. The maximum Gasteiger partial charge on any atom is 0.258 e. The molecular weight excluding hydrogens is 324 g/mol. The molecule has 4 nitrogen and oxygen atoms in total. The van der Waals surface area contributed by atoms with Gasteiger partial charge in [0, 0.05) is 6.20 Å². The number of ether oxygens (including phenoxy) is 1. The number of amides is 1. The van der Waals surface area contributed by atoms with Gasteiger partial charge in [0.25, 0.3) is 5.91 Å². The zero-order valence-electron chi connectivity index (χ0n) is 14.8. The Bertz CT molecular complexity index is 796. The third kappa shape index (κ3) is 4.48. The lowest BCUT2D eigenvalue weighted by Crippen LogP contribution is -2.33. The van der Waals surface area contributed by atoms with E-state index in [1.165, 1.54) is 0 Å². The molecule has 132 valence electrons.